The monoisotopic (exact) mass is 248 g/mol. The van der Waals surface area contributed by atoms with Gasteiger partial charge in [-0.2, -0.15) is 5.26 Å². The molecule has 1 rings (SSSR count). The summed E-state index contributed by atoms with van der Waals surface area (Å²) < 4.78 is 10.7. The predicted octanol–water partition coefficient (Wildman–Crippen LogP) is 2.01. The van der Waals surface area contributed by atoms with Gasteiger partial charge >= 0.3 is 0 Å². The number of hydrogen-bond donors (Lipinski definition) is 0. The number of nitrogens with zero attached hydrogens (tertiary/aromatic N) is 2. The van der Waals surface area contributed by atoms with E-state index in [1.807, 2.05) is 31.0 Å². The molecule has 1 aromatic rings. The van der Waals surface area contributed by atoms with Gasteiger partial charge in [-0.05, 0) is 32.0 Å². The number of nitriles is 1. The van der Waals surface area contributed by atoms with Crippen molar-refractivity contribution in [1.29, 1.82) is 5.26 Å². The van der Waals surface area contributed by atoms with E-state index in [1.165, 1.54) is 0 Å². The number of rotatable bonds is 6. The lowest BCUT2D eigenvalue weighted by molar-refractivity contribution is 0.365. The van der Waals surface area contributed by atoms with E-state index in [0.717, 1.165) is 35.6 Å². The van der Waals surface area contributed by atoms with Crippen LogP contribution in [0.4, 0.5) is 0 Å². The Kier molecular flexibility index (Phi) is 5.47. The average molecular weight is 248 g/mol. The SMILES string of the molecule is COc1ccc(CCN(C)CC#N)c(OC)c1C. The summed E-state index contributed by atoms with van der Waals surface area (Å²) in [6.07, 6.45) is 0.853. The zero-order valence-electron chi connectivity index (χ0n) is 11.5. The molecule has 0 spiro atoms. The van der Waals surface area contributed by atoms with Gasteiger partial charge in [-0.15, -0.1) is 0 Å². The lowest BCUT2D eigenvalue weighted by atomic mass is 10.1. The Morgan fingerprint density at radius 1 is 1.28 bits per heavy atom. The second kappa shape index (κ2) is 6.87. The summed E-state index contributed by atoms with van der Waals surface area (Å²) in [7, 11) is 5.26. The van der Waals surface area contributed by atoms with Crippen LogP contribution in [0.1, 0.15) is 11.1 Å². The van der Waals surface area contributed by atoms with Gasteiger partial charge in [-0.1, -0.05) is 6.07 Å². The van der Waals surface area contributed by atoms with Crippen LogP contribution < -0.4 is 9.47 Å². The Bertz CT molecular complexity index is 438. The highest BCUT2D eigenvalue weighted by atomic mass is 16.5. The first kappa shape index (κ1) is 14.3. The molecule has 0 saturated heterocycles. The second-order valence-corrected chi connectivity index (χ2v) is 4.23. The van der Waals surface area contributed by atoms with Gasteiger partial charge in [0, 0.05) is 12.1 Å². The number of likely N-dealkylation sites (N-methyl/N-ethyl adjacent to an activating group) is 1. The summed E-state index contributed by atoms with van der Waals surface area (Å²) >= 11 is 0. The number of methoxy groups -OCH3 is 2. The minimum Gasteiger partial charge on any atom is -0.496 e. The van der Waals surface area contributed by atoms with Crippen molar-refractivity contribution in [2.24, 2.45) is 0 Å². The standard InChI is InChI=1S/C14H20N2O2/c1-11-13(17-3)6-5-12(14(11)18-4)7-9-16(2)10-8-15/h5-6H,7,9-10H2,1-4H3. The fourth-order valence-corrected chi connectivity index (χ4v) is 1.94. The minimum absolute atomic E-state index is 0.442. The van der Waals surface area contributed by atoms with Crippen molar-refractivity contribution in [3.05, 3.63) is 23.3 Å². The van der Waals surface area contributed by atoms with Crippen LogP contribution in [-0.2, 0) is 6.42 Å². The van der Waals surface area contributed by atoms with Crippen LogP contribution in [0, 0.1) is 18.3 Å². The first-order valence-corrected chi connectivity index (χ1v) is 5.90. The largest absolute Gasteiger partial charge is 0.496 e. The zero-order chi connectivity index (χ0) is 13.5. The highest BCUT2D eigenvalue weighted by molar-refractivity contribution is 5.49. The van der Waals surface area contributed by atoms with Gasteiger partial charge in [0.2, 0.25) is 0 Å². The van der Waals surface area contributed by atoms with Crippen molar-refractivity contribution in [1.82, 2.24) is 4.90 Å². The first-order chi connectivity index (χ1) is 8.63. The van der Waals surface area contributed by atoms with Gasteiger partial charge in [0.05, 0.1) is 26.8 Å². The normalized spacial score (nSPS) is 10.2. The van der Waals surface area contributed by atoms with Gasteiger partial charge in [0.15, 0.2) is 0 Å². The van der Waals surface area contributed by atoms with Crippen LogP contribution in [0.3, 0.4) is 0 Å². The fraction of sp³-hybridized carbons (Fsp3) is 0.500. The summed E-state index contributed by atoms with van der Waals surface area (Å²) in [5.74, 6) is 1.71. The third kappa shape index (κ3) is 3.38. The number of ether oxygens (including phenoxy) is 2. The van der Waals surface area contributed by atoms with E-state index < -0.39 is 0 Å². The van der Waals surface area contributed by atoms with Crippen LogP contribution in [0.15, 0.2) is 12.1 Å². The Balaban J connectivity index is 2.83. The van der Waals surface area contributed by atoms with Crippen LogP contribution in [0.2, 0.25) is 0 Å². The van der Waals surface area contributed by atoms with Crippen molar-refractivity contribution >= 4 is 0 Å². The molecule has 0 atom stereocenters. The first-order valence-electron chi connectivity index (χ1n) is 5.90. The van der Waals surface area contributed by atoms with Crippen molar-refractivity contribution in [3.63, 3.8) is 0 Å². The van der Waals surface area contributed by atoms with Crippen LogP contribution in [0.25, 0.3) is 0 Å². The van der Waals surface area contributed by atoms with Gasteiger partial charge in [0.1, 0.15) is 11.5 Å². The topological polar surface area (TPSA) is 45.5 Å². The third-order valence-corrected chi connectivity index (χ3v) is 2.97. The maximum absolute atomic E-state index is 8.61. The van der Waals surface area contributed by atoms with Gasteiger partial charge in [0.25, 0.3) is 0 Å². The molecule has 0 amide bonds. The Labute approximate surface area is 109 Å². The quantitative estimate of drug-likeness (QED) is 0.722. The molecule has 18 heavy (non-hydrogen) atoms. The van der Waals surface area contributed by atoms with Crippen LogP contribution in [0.5, 0.6) is 11.5 Å². The summed E-state index contributed by atoms with van der Waals surface area (Å²) in [5.41, 5.74) is 2.15. The van der Waals surface area contributed by atoms with E-state index >= 15 is 0 Å². The molecule has 0 aliphatic carbocycles. The molecular weight excluding hydrogens is 228 g/mol. The highest BCUT2D eigenvalue weighted by Gasteiger charge is 2.11. The molecule has 0 bridgehead atoms. The smallest absolute Gasteiger partial charge is 0.128 e. The van der Waals surface area contributed by atoms with Crippen molar-refractivity contribution in [2.45, 2.75) is 13.3 Å². The van der Waals surface area contributed by atoms with E-state index in [0.29, 0.717) is 6.54 Å². The van der Waals surface area contributed by atoms with Crippen molar-refractivity contribution < 1.29 is 9.47 Å². The summed E-state index contributed by atoms with van der Waals surface area (Å²) in [6, 6.07) is 6.11. The van der Waals surface area contributed by atoms with E-state index in [1.54, 1.807) is 14.2 Å². The molecule has 4 heteroatoms. The molecule has 0 heterocycles. The molecule has 0 aliphatic heterocycles. The third-order valence-electron chi connectivity index (χ3n) is 2.97. The predicted molar refractivity (Wildman–Crippen MR) is 71.1 cm³/mol. The molecule has 0 aliphatic rings. The lowest BCUT2D eigenvalue weighted by Gasteiger charge is -2.17. The molecule has 0 N–H and O–H groups in total. The van der Waals surface area contributed by atoms with Crippen molar-refractivity contribution in [2.75, 3.05) is 34.4 Å². The zero-order valence-corrected chi connectivity index (χ0v) is 11.5. The van der Waals surface area contributed by atoms with E-state index in [9.17, 15) is 0 Å². The molecule has 4 nitrogen and oxygen atoms in total. The van der Waals surface area contributed by atoms with E-state index in [4.69, 9.17) is 14.7 Å². The Morgan fingerprint density at radius 2 is 2.00 bits per heavy atom. The van der Waals surface area contributed by atoms with Gasteiger partial charge in [-0.25, -0.2) is 0 Å². The minimum atomic E-state index is 0.442. The molecule has 0 radical (unpaired) electrons. The van der Waals surface area contributed by atoms with Gasteiger partial charge in [-0.3, -0.25) is 4.90 Å². The maximum atomic E-state index is 8.61. The molecule has 98 valence electrons. The lowest BCUT2D eigenvalue weighted by Crippen LogP contribution is -2.21. The molecule has 0 saturated carbocycles. The van der Waals surface area contributed by atoms with Gasteiger partial charge < -0.3 is 9.47 Å². The Hall–Kier alpha value is -1.73. The average Bonchev–Trinajstić information content (AvgIpc) is 2.36. The number of benzene rings is 1. The molecule has 0 aromatic heterocycles. The van der Waals surface area contributed by atoms with Crippen molar-refractivity contribution in [3.8, 4) is 17.6 Å². The molecule has 0 unspecified atom stereocenters. The van der Waals surface area contributed by atoms with Crippen LogP contribution in [-0.4, -0.2) is 39.3 Å². The van der Waals surface area contributed by atoms with Crippen LogP contribution >= 0.6 is 0 Å². The summed E-state index contributed by atoms with van der Waals surface area (Å²) in [6.45, 7) is 3.26. The second-order valence-electron chi connectivity index (χ2n) is 4.23. The molecule has 0 fully saturated rings. The molecular formula is C14H20N2O2. The van der Waals surface area contributed by atoms with E-state index in [-0.39, 0.29) is 0 Å². The molecule has 1 aromatic carbocycles. The number of hydrogen-bond acceptors (Lipinski definition) is 4. The fourth-order valence-electron chi connectivity index (χ4n) is 1.94. The highest BCUT2D eigenvalue weighted by Crippen LogP contribution is 2.31. The maximum Gasteiger partial charge on any atom is 0.128 e. The summed E-state index contributed by atoms with van der Waals surface area (Å²) in [4.78, 5) is 1.99. The Morgan fingerprint density at radius 3 is 2.56 bits per heavy atom. The van der Waals surface area contributed by atoms with E-state index in [2.05, 4.69) is 6.07 Å². The summed E-state index contributed by atoms with van der Waals surface area (Å²) in [5, 5.41) is 8.61.